The first-order valence-electron chi connectivity index (χ1n) is 4.17. The third-order valence-electron chi connectivity index (χ3n) is 1.77. The van der Waals surface area contributed by atoms with Gasteiger partial charge in [0.05, 0.1) is 0 Å². The van der Waals surface area contributed by atoms with Crippen molar-refractivity contribution in [2.75, 3.05) is 18.1 Å². The van der Waals surface area contributed by atoms with Crippen molar-refractivity contribution in [2.24, 2.45) is 5.92 Å². The standard InChI is InChI=1S/C4H10OS2.C4H8/c5-1-4(2-6)3-7;1-2-4-3-1/h4-7H,1-3H2;1-4H2. The Kier molecular flexibility index (Phi) is 9.28. The number of hydrogen-bond donors (Lipinski definition) is 3. The topological polar surface area (TPSA) is 20.2 Å². The predicted molar refractivity (Wildman–Crippen MR) is 56.7 cm³/mol. The van der Waals surface area contributed by atoms with E-state index in [9.17, 15) is 0 Å². The molecule has 1 aliphatic carbocycles. The molecule has 0 bridgehead atoms. The molecule has 1 fully saturated rings. The lowest BCUT2D eigenvalue weighted by Gasteiger charge is -2.05. The summed E-state index contributed by atoms with van der Waals surface area (Å²) in [5.41, 5.74) is 0. The summed E-state index contributed by atoms with van der Waals surface area (Å²) in [5.74, 6) is 1.71. The summed E-state index contributed by atoms with van der Waals surface area (Å²) in [7, 11) is 0. The Morgan fingerprint density at radius 1 is 1.00 bits per heavy atom. The second kappa shape index (κ2) is 8.75. The molecular formula is C8H18OS2. The maximum Gasteiger partial charge on any atom is 0.0474 e. The smallest absolute Gasteiger partial charge is 0.0474 e. The minimum atomic E-state index is 0.201. The van der Waals surface area contributed by atoms with Crippen LogP contribution in [-0.2, 0) is 0 Å². The van der Waals surface area contributed by atoms with Gasteiger partial charge in [-0.15, -0.1) is 0 Å². The molecule has 11 heavy (non-hydrogen) atoms. The summed E-state index contributed by atoms with van der Waals surface area (Å²) < 4.78 is 0. The van der Waals surface area contributed by atoms with Gasteiger partial charge in [0.25, 0.3) is 0 Å². The summed E-state index contributed by atoms with van der Waals surface area (Å²) >= 11 is 7.93. The Hall–Kier alpha value is 0.660. The Morgan fingerprint density at radius 3 is 1.36 bits per heavy atom. The highest BCUT2D eigenvalue weighted by atomic mass is 32.1. The first-order chi connectivity index (χ1) is 5.35. The zero-order valence-corrected chi connectivity index (χ0v) is 8.66. The molecule has 0 unspecified atom stereocenters. The fourth-order valence-corrected chi connectivity index (χ4v) is 1.12. The Labute approximate surface area is 80.4 Å². The molecule has 0 saturated heterocycles. The van der Waals surface area contributed by atoms with Gasteiger partial charge in [0, 0.05) is 6.61 Å². The van der Waals surface area contributed by atoms with Crippen molar-refractivity contribution in [1.29, 1.82) is 0 Å². The van der Waals surface area contributed by atoms with E-state index in [1.807, 2.05) is 0 Å². The molecule has 0 aromatic rings. The van der Waals surface area contributed by atoms with Gasteiger partial charge in [-0.2, -0.15) is 25.3 Å². The molecule has 0 atom stereocenters. The van der Waals surface area contributed by atoms with E-state index in [-0.39, 0.29) is 12.5 Å². The second-order valence-corrected chi connectivity index (χ2v) is 3.56. The molecule has 1 saturated carbocycles. The van der Waals surface area contributed by atoms with Crippen molar-refractivity contribution >= 4 is 25.3 Å². The third-order valence-corrected chi connectivity index (χ3v) is 2.81. The largest absolute Gasteiger partial charge is 0.396 e. The molecule has 3 heteroatoms. The van der Waals surface area contributed by atoms with Crippen molar-refractivity contribution in [3.63, 3.8) is 0 Å². The number of hydrogen-bond acceptors (Lipinski definition) is 3. The van der Waals surface area contributed by atoms with Crippen LogP contribution in [0.4, 0.5) is 0 Å². The summed E-state index contributed by atoms with van der Waals surface area (Å²) in [5, 5.41) is 8.43. The maximum absolute atomic E-state index is 8.43. The van der Waals surface area contributed by atoms with Crippen LogP contribution in [0.1, 0.15) is 25.7 Å². The van der Waals surface area contributed by atoms with E-state index in [1.54, 1.807) is 0 Å². The molecular weight excluding hydrogens is 176 g/mol. The highest BCUT2D eigenvalue weighted by Crippen LogP contribution is 2.15. The average molecular weight is 194 g/mol. The summed E-state index contributed by atoms with van der Waals surface area (Å²) in [4.78, 5) is 0. The predicted octanol–water partition coefficient (Wildman–Crippen LogP) is 2.01. The van der Waals surface area contributed by atoms with Crippen molar-refractivity contribution < 1.29 is 5.11 Å². The molecule has 1 rings (SSSR count). The minimum Gasteiger partial charge on any atom is -0.396 e. The van der Waals surface area contributed by atoms with Gasteiger partial charge in [-0.25, -0.2) is 0 Å². The third kappa shape index (κ3) is 7.04. The van der Waals surface area contributed by atoms with Gasteiger partial charge in [-0.05, 0) is 17.4 Å². The average Bonchev–Trinajstić information content (AvgIpc) is 1.88. The zero-order chi connectivity index (χ0) is 8.53. The van der Waals surface area contributed by atoms with E-state index < -0.39 is 0 Å². The number of aliphatic hydroxyl groups excluding tert-OH is 1. The van der Waals surface area contributed by atoms with Crippen LogP contribution in [0.25, 0.3) is 0 Å². The molecule has 0 aliphatic heterocycles. The maximum atomic E-state index is 8.43. The van der Waals surface area contributed by atoms with Gasteiger partial charge in [0.15, 0.2) is 0 Å². The fraction of sp³-hybridized carbons (Fsp3) is 1.00. The van der Waals surface area contributed by atoms with E-state index in [0.29, 0.717) is 0 Å². The van der Waals surface area contributed by atoms with Gasteiger partial charge in [0.2, 0.25) is 0 Å². The highest BCUT2D eigenvalue weighted by molar-refractivity contribution is 7.81. The van der Waals surface area contributed by atoms with Crippen molar-refractivity contribution in [2.45, 2.75) is 25.7 Å². The molecule has 0 aromatic carbocycles. The molecule has 1 nitrogen and oxygen atoms in total. The first-order valence-corrected chi connectivity index (χ1v) is 5.44. The lowest BCUT2D eigenvalue weighted by atomic mass is 10.0. The zero-order valence-electron chi connectivity index (χ0n) is 6.87. The van der Waals surface area contributed by atoms with Gasteiger partial charge in [-0.3, -0.25) is 0 Å². The van der Waals surface area contributed by atoms with Crippen LogP contribution in [0.2, 0.25) is 0 Å². The molecule has 0 heterocycles. The molecule has 1 N–H and O–H groups in total. The van der Waals surface area contributed by atoms with E-state index >= 15 is 0 Å². The molecule has 0 spiro atoms. The number of rotatable bonds is 3. The summed E-state index contributed by atoms with van der Waals surface area (Å²) in [6.45, 7) is 0.201. The highest BCUT2D eigenvalue weighted by Gasteiger charge is 1.98. The van der Waals surface area contributed by atoms with Crippen molar-refractivity contribution in [1.82, 2.24) is 0 Å². The summed E-state index contributed by atoms with van der Waals surface area (Å²) in [6, 6.07) is 0. The van der Waals surface area contributed by atoms with Gasteiger partial charge >= 0.3 is 0 Å². The second-order valence-electron chi connectivity index (χ2n) is 2.83. The number of aliphatic hydroxyl groups is 1. The molecule has 1 aliphatic rings. The van der Waals surface area contributed by atoms with E-state index in [4.69, 9.17) is 5.11 Å². The monoisotopic (exact) mass is 194 g/mol. The van der Waals surface area contributed by atoms with Gasteiger partial charge < -0.3 is 5.11 Å². The van der Waals surface area contributed by atoms with E-state index in [0.717, 1.165) is 11.5 Å². The van der Waals surface area contributed by atoms with Crippen LogP contribution in [0.15, 0.2) is 0 Å². The van der Waals surface area contributed by atoms with Crippen LogP contribution >= 0.6 is 25.3 Å². The van der Waals surface area contributed by atoms with Crippen molar-refractivity contribution in [3.8, 4) is 0 Å². The summed E-state index contributed by atoms with van der Waals surface area (Å²) in [6.07, 6.45) is 6.00. The number of thiol groups is 2. The van der Waals surface area contributed by atoms with Crippen molar-refractivity contribution in [3.05, 3.63) is 0 Å². The fourth-order valence-electron chi connectivity index (χ4n) is 0.423. The lowest BCUT2D eigenvalue weighted by Crippen LogP contribution is -2.08. The molecule has 0 aromatic heterocycles. The van der Waals surface area contributed by atoms with Crippen LogP contribution in [0.5, 0.6) is 0 Å². The van der Waals surface area contributed by atoms with E-state index in [1.165, 1.54) is 25.7 Å². The molecule has 0 amide bonds. The van der Waals surface area contributed by atoms with Crippen LogP contribution in [0.3, 0.4) is 0 Å². The first kappa shape index (κ1) is 11.7. The van der Waals surface area contributed by atoms with Gasteiger partial charge in [0.1, 0.15) is 0 Å². The quantitative estimate of drug-likeness (QED) is 0.587. The van der Waals surface area contributed by atoms with E-state index in [2.05, 4.69) is 25.3 Å². The Morgan fingerprint density at radius 2 is 1.36 bits per heavy atom. The SMILES string of the molecule is C1CCC1.OCC(CS)CS. The van der Waals surface area contributed by atoms with Crippen LogP contribution < -0.4 is 0 Å². The minimum absolute atomic E-state index is 0.201. The Bertz CT molecular complexity index is 61.0. The van der Waals surface area contributed by atoms with Gasteiger partial charge in [-0.1, -0.05) is 25.7 Å². The Balaban J connectivity index is 0.000000207. The molecule has 68 valence electrons. The normalized spacial score (nSPS) is 15.3. The molecule has 0 radical (unpaired) electrons. The van der Waals surface area contributed by atoms with Crippen LogP contribution in [0, 0.1) is 5.92 Å². The van der Waals surface area contributed by atoms with Crippen LogP contribution in [-0.4, -0.2) is 23.2 Å². The lowest BCUT2D eigenvalue weighted by molar-refractivity contribution is 0.253.